The molecule has 14 heavy (non-hydrogen) atoms. The molecule has 0 aromatic carbocycles. The Hall–Kier alpha value is -1.09. The molecule has 0 aliphatic rings. The molecule has 0 aliphatic carbocycles. The maximum atomic E-state index is 11.5. The van der Waals surface area contributed by atoms with Crippen molar-refractivity contribution in [1.82, 2.24) is 10.3 Å². The van der Waals surface area contributed by atoms with Gasteiger partial charge in [-0.2, -0.15) is 0 Å². The average Bonchev–Trinajstić information content (AvgIpc) is 2.15. The Bertz CT molecular complexity index is 308. The lowest BCUT2D eigenvalue weighted by Gasteiger charge is -2.06. The molecular formula is C10H13ClN2O. The van der Waals surface area contributed by atoms with Crippen molar-refractivity contribution in [3.8, 4) is 0 Å². The summed E-state index contributed by atoms with van der Waals surface area (Å²) in [6.07, 6.45) is 1.47. The Morgan fingerprint density at radius 1 is 1.57 bits per heavy atom. The Kier molecular flexibility index (Phi) is 3.89. The van der Waals surface area contributed by atoms with Gasteiger partial charge < -0.3 is 5.32 Å². The van der Waals surface area contributed by atoms with Crippen LogP contribution in [0.1, 0.15) is 24.2 Å². The third kappa shape index (κ3) is 3.34. The van der Waals surface area contributed by atoms with E-state index in [1.807, 2.05) is 13.8 Å². The molecule has 1 heterocycles. The number of rotatable bonds is 3. The van der Waals surface area contributed by atoms with Crippen molar-refractivity contribution in [3.63, 3.8) is 0 Å². The van der Waals surface area contributed by atoms with E-state index in [0.29, 0.717) is 23.2 Å². The fourth-order valence-corrected chi connectivity index (χ4v) is 1.02. The smallest absolute Gasteiger partial charge is 0.252 e. The molecule has 0 spiro atoms. The fourth-order valence-electron chi connectivity index (χ4n) is 0.909. The van der Waals surface area contributed by atoms with Crippen molar-refractivity contribution in [2.24, 2.45) is 5.92 Å². The van der Waals surface area contributed by atoms with Crippen molar-refractivity contribution >= 4 is 17.5 Å². The fraction of sp³-hybridized carbons (Fsp3) is 0.400. The van der Waals surface area contributed by atoms with Gasteiger partial charge in [0.1, 0.15) is 5.15 Å². The number of hydrogen-bond acceptors (Lipinski definition) is 2. The lowest BCUT2D eigenvalue weighted by molar-refractivity contribution is 0.0948. The predicted molar refractivity (Wildman–Crippen MR) is 56.4 cm³/mol. The summed E-state index contributed by atoms with van der Waals surface area (Å²) in [5, 5.41) is 3.19. The van der Waals surface area contributed by atoms with Gasteiger partial charge in [-0.15, -0.1) is 0 Å². The Labute approximate surface area is 88.5 Å². The Balaban J connectivity index is 2.57. The monoisotopic (exact) mass is 212 g/mol. The van der Waals surface area contributed by atoms with Crippen LogP contribution in [0.5, 0.6) is 0 Å². The van der Waals surface area contributed by atoms with E-state index in [-0.39, 0.29) is 5.91 Å². The van der Waals surface area contributed by atoms with Gasteiger partial charge in [0.05, 0.1) is 5.56 Å². The van der Waals surface area contributed by atoms with Gasteiger partial charge in [-0.05, 0) is 18.1 Å². The molecule has 76 valence electrons. The first-order valence-electron chi connectivity index (χ1n) is 4.49. The number of pyridine rings is 1. The van der Waals surface area contributed by atoms with Crippen LogP contribution in [0, 0.1) is 5.92 Å². The van der Waals surface area contributed by atoms with Crippen molar-refractivity contribution in [1.29, 1.82) is 0 Å². The quantitative estimate of drug-likeness (QED) is 0.780. The van der Waals surface area contributed by atoms with E-state index in [9.17, 15) is 4.79 Å². The van der Waals surface area contributed by atoms with Crippen molar-refractivity contribution in [2.45, 2.75) is 13.8 Å². The molecule has 0 atom stereocenters. The van der Waals surface area contributed by atoms with Gasteiger partial charge in [-0.1, -0.05) is 25.4 Å². The minimum Gasteiger partial charge on any atom is -0.352 e. The third-order valence-electron chi connectivity index (χ3n) is 1.66. The van der Waals surface area contributed by atoms with Crippen molar-refractivity contribution in [2.75, 3.05) is 6.54 Å². The van der Waals surface area contributed by atoms with Crippen LogP contribution in [0.4, 0.5) is 0 Å². The number of nitrogens with one attached hydrogen (secondary N) is 1. The number of halogens is 1. The lowest BCUT2D eigenvalue weighted by Crippen LogP contribution is -2.27. The number of nitrogens with zero attached hydrogens (tertiary/aromatic N) is 1. The molecule has 1 rings (SSSR count). The van der Waals surface area contributed by atoms with Gasteiger partial charge in [-0.25, -0.2) is 4.98 Å². The second-order valence-electron chi connectivity index (χ2n) is 3.47. The van der Waals surface area contributed by atoms with Crippen LogP contribution < -0.4 is 5.32 Å². The van der Waals surface area contributed by atoms with Gasteiger partial charge >= 0.3 is 0 Å². The topological polar surface area (TPSA) is 42.0 Å². The highest BCUT2D eigenvalue weighted by Crippen LogP contribution is 2.05. The molecule has 0 bridgehead atoms. The molecule has 0 fully saturated rings. The normalized spacial score (nSPS) is 10.3. The van der Waals surface area contributed by atoms with Crippen LogP contribution >= 0.6 is 11.6 Å². The molecule has 1 amide bonds. The van der Waals surface area contributed by atoms with Gasteiger partial charge in [-0.3, -0.25) is 4.79 Å². The second kappa shape index (κ2) is 4.96. The number of hydrogen-bond donors (Lipinski definition) is 1. The maximum Gasteiger partial charge on any atom is 0.252 e. The highest BCUT2D eigenvalue weighted by molar-refractivity contribution is 6.29. The molecule has 3 nitrogen and oxygen atoms in total. The van der Waals surface area contributed by atoms with Crippen LogP contribution in [-0.2, 0) is 0 Å². The van der Waals surface area contributed by atoms with Crippen LogP contribution in [-0.4, -0.2) is 17.4 Å². The molecule has 0 unspecified atom stereocenters. The largest absolute Gasteiger partial charge is 0.352 e. The van der Waals surface area contributed by atoms with E-state index >= 15 is 0 Å². The van der Waals surface area contributed by atoms with E-state index in [1.54, 1.807) is 12.1 Å². The first-order chi connectivity index (χ1) is 6.59. The standard InChI is InChI=1S/C10H13ClN2O/c1-7(2)5-13-10(14)8-3-4-9(11)12-6-8/h3-4,6-7H,5H2,1-2H3,(H,13,14). The zero-order chi connectivity index (χ0) is 10.6. The van der Waals surface area contributed by atoms with Crippen molar-refractivity contribution < 1.29 is 4.79 Å². The second-order valence-corrected chi connectivity index (χ2v) is 3.86. The molecule has 4 heteroatoms. The summed E-state index contributed by atoms with van der Waals surface area (Å²) < 4.78 is 0. The summed E-state index contributed by atoms with van der Waals surface area (Å²) >= 11 is 5.60. The molecule has 0 saturated heterocycles. The predicted octanol–water partition coefficient (Wildman–Crippen LogP) is 2.12. The lowest BCUT2D eigenvalue weighted by atomic mass is 10.2. The van der Waals surface area contributed by atoms with E-state index in [0.717, 1.165) is 0 Å². The summed E-state index contributed by atoms with van der Waals surface area (Å²) in [7, 11) is 0. The zero-order valence-electron chi connectivity index (χ0n) is 8.25. The number of carbonyl (C=O) groups is 1. The summed E-state index contributed by atoms with van der Waals surface area (Å²) in [4.78, 5) is 15.3. The zero-order valence-corrected chi connectivity index (χ0v) is 9.01. The van der Waals surface area contributed by atoms with Crippen LogP contribution in [0.2, 0.25) is 5.15 Å². The molecule has 1 aromatic rings. The molecule has 1 aromatic heterocycles. The number of carbonyl (C=O) groups excluding carboxylic acids is 1. The van der Waals surface area contributed by atoms with Crippen LogP contribution in [0.15, 0.2) is 18.3 Å². The van der Waals surface area contributed by atoms with E-state index in [2.05, 4.69) is 10.3 Å². The summed E-state index contributed by atoms with van der Waals surface area (Å²) in [6, 6.07) is 3.26. The van der Waals surface area contributed by atoms with Gasteiger partial charge in [0.25, 0.3) is 5.91 Å². The Morgan fingerprint density at radius 3 is 2.79 bits per heavy atom. The SMILES string of the molecule is CC(C)CNC(=O)c1ccc(Cl)nc1. The molecule has 0 aliphatic heterocycles. The van der Waals surface area contributed by atoms with Crippen LogP contribution in [0.25, 0.3) is 0 Å². The summed E-state index contributed by atoms with van der Waals surface area (Å²) in [5.74, 6) is 0.335. The molecule has 0 radical (unpaired) electrons. The van der Waals surface area contributed by atoms with Crippen LogP contribution in [0.3, 0.4) is 0 Å². The van der Waals surface area contributed by atoms with E-state index in [4.69, 9.17) is 11.6 Å². The highest BCUT2D eigenvalue weighted by atomic mass is 35.5. The first-order valence-corrected chi connectivity index (χ1v) is 4.87. The van der Waals surface area contributed by atoms with Crippen molar-refractivity contribution in [3.05, 3.63) is 29.0 Å². The van der Waals surface area contributed by atoms with Gasteiger partial charge in [0.15, 0.2) is 0 Å². The molecule has 0 saturated carbocycles. The number of aromatic nitrogens is 1. The third-order valence-corrected chi connectivity index (χ3v) is 1.88. The van der Waals surface area contributed by atoms with E-state index in [1.165, 1.54) is 6.20 Å². The Morgan fingerprint density at radius 2 is 2.29 bits per heavy atom. The summed E-state index contributed by atoms with van der Waals surface area (Å²) in [6.45, 7) is 4.75. The summed E-state index contributed by atoms with van der Waals surface area (Å²) in [5.41, 5.74) is 0.537. The molecule has 1 N–H and O–H groups in total. The number of amides is 1. The average molecular weight is 213 g/mol. The molecular weight excluding hydrogens is 200 g/mol. The van der Waals surface area contributed by atoms with E-state index < -0.39 is 0 Å². The van der Waals surface area contributed by atoms with Gasteiger partial charge in [0.2, 0.25) is 0 Å². The van der Waals surface area contributed by atoms with Gasteiger partial charge in [0, 0.05) is 12.7 Å². The first kappa shape index (κ1) is 11.0. The minimum absolute atomic E-state index is 0.108. The maximum absolute atomic E-state index is 11.5. The minimum atomic E-state index is -0.108. The highest BCUT2D eigenvalue weighted by Gasteiger charge is 2.05.